The van der Waals surface area contributed by atoms with Crippen LogP contribution in [0.3, 0.4) is 0 Å². The monoisotopic (exact) mass is 293 g/mol. The highest BCUT2D eigenvalue weighted by Gasteiger charge is 2.13. The maximum absolute atomic E-state index is 11.8. The van der Waals surface area contributed by atoms with E-state index in [1.54, 1.807) is 0 Å². The van der Waals surface area contributed by atoms with Crippen molar-refractivity contribution in [3.05, 3.63) is 47.0 Å². The van der Waals surface area contributed by atoms with Gasteiger partial charge in [-0.1, -0.05) is 11.6 Å². The molecule has 3 N–H and O–H groups in total. The van der Waals surface area contributed by atoms with Gasteiger partial charge in [-0.05, 0) is 18.2 Å². The number of carboxylic acid groups (broad SMARTS) is 1. The summed E-state index contributed by atoms with van der Waals surface area (Å²) in [6, 6.07) is 3.55. The Hall–Kier alpha value is -2.67. The zero-order valence-electron chi connectivity index (χ0n) is 9.87. The van der Waals surface area contributed by atoms with Crippen molar-refractivity contribution in [2.45, 2.75) is 0 Å². The third-order valence-corrected chi connectivity index (χ3v) is 2.51. The SMILES string of the molecule is O=C(O)c1ccc(NC(=O)c2cncc(Cl)n2)c(O)c1. The first kappa shape index (κ1) is 13.8. The number of hydrogen-bond donors (Lipinski definition) is 3. The molecule has 7 nitrogen and oxygen atoms in total. The zero-order chi connectivity index (χ0) is 14.7. The number of carbonyl (C=O) groups is 2. The molecule has 8 heteroatoms. The van der Waals surface area contributed by atoms with Crippen LogP contribution in [0.1, 0.15) is 20.8 Å². The first-order valence-corrected chi connectivity index (χ1v) is 5.70. The van der Waals surface area contributed by atoms with Gasteiger partial charge in [0.1, 0.15) is 16.6 Å². The van der Waals surface area contributed by atoms with Gasteiger partial charge in [0.15, 0.2) is 0 Å². The molecular formula is C12H8ClN3O4. The number of nitrogens with zero attached hydrogens (tertiary/aromatic N) is 2. The fourth-order valence-electron chi connectivity index (χ4n) is 1.41. The van der Waals surface area contributed by atoms with E-state index in [0.717, 1.165) is 6.07 Å². The molecule has 20 heavy (non-hydrogen) atoms. The summed E-state index contributed by atoms with van der Waals surface area (Å²) in [6.07, 6.45) is 2.49. The number of nitrogens with one attached hydrogen (secondary N) is 1. The molecule has 0 saturated heterocycles. The van der Waals surface area contributed by atoms with Gasteiger partial charge < -0.3 is 15.5 Å². The molecule has 0 unspecified atom stereocenters. The Labute approximate surface area is 117 Å². The minimum atomic E-state index is -1.18. The quantitative estimate of drug-likeness (QED) is 0.744. The molecule has 0 spiro atoms. The van der Waals surface area contributed by atoms with Gasteiger partial charge in [0, 0.05) is 0 Å². The number of amides is 1. The van der Waals surface area contributed by atoms with Crippen molar-refractivity contribution in [1.29, 1.82) is 0 Å². The Morgan fingerprint density at radius 2 is 2.00 bits per heavy atom. The fraction of sp³-hybridized carbons (Fsp3) is 0. The van der Waals surface area contributed by atoms with Crippen LogP contribution in [0.4, 0.5) is 5.69 Å². The van der Waals surface area contributed by atoms with Gasteiger partial charge in [-0.3, -0.25) is 9.78 Å². The number of aromatic carboxylic acids is 1. The third-order valence-electron chi connectivity index (χ3n) is 2.33. The molecule has 0 bridgehead atoms. The number of anilines is 1. The number of phenols is 1. The van der Waals surface area contributed by atoms with E-state index >= 15 is 0 Å². The molecule has 0 radical (unpaired) electrons. The van der Waals surface area contributed by atoms with Crippen LogP contribution in [0.25, 0.3) is 0 Å². The number of phenolic OH excluding ortho intramolecular Hbond substituents is 1. The van der Waals surface area contributed by atoms with Gasteiger partial charge in [0.25, 0.3) is 5.91 Å². The smallest absolute Gasteiger partial charge is 0.335 e. The van der Waals surface area contributed by atoms with Gasteiger partial charge in [0.05, 0.1) is 23.6 Å². The number of benzene rings is 1. The van der Waals surface area contributed by atoms with E-state index in [2.05, 4.69) is 15.3 Å². The van der Waals surface area contributed by atoms with E-state index < -0.39 is 11.9 Å². The van der Waals surface area contributed by atoms with Crippen molar-refractivity contribution in [3.63, 3.8) is 0 Å². The summed E-state index contributed by atoms with van der Waals surface area (Å²) in [5.41, 5.74) is -0.0657. The molecule has 0 atom stereocenters. The van der Waals surface area contributed by atoms with Crippen LogP contribution in [0.5, 0.6) is 5.75 Å². The van der Waals surface area contributed by atoms with Gasteiger partial charge >= 0.3 is 5.97 Å². The second-order valence-electron chi connectivity index (χ2n) is 3.72. The number of rotatable bonds is 3. The highest BCUT2D eigenvalue weighted by Crippen LogP contribution is 2.24. The summed E-state index contributed by atoms with van der Waals surface area (Å²) in [6.45, 7) is 0. The third kappa shape index (κ3) is 3.01. The van der Waals surface area contributed by atoms with Crippen LogP contribution >= 0.6 is 11.6 Å². The second kappa shape index (κ2) is 5.54. The molecular weight excluding hydrogens is 286 g/mol. The first-order valence-electron chi connectivity index (χ1n) is 5.32. The molecule has 1 aromatic carbocycles. The van der Waals surface area contributed by atoms with E-state index in [1.165, 1.54) is 24.5 Å². The average molecular weight is 294 g/mol. The first-order chi connectivity index (χ1) is 9.47. The number of carbonyl (C=O) groups excluding carboxylic acids is 1. The zero-order valence-corrected chi connectivity index (χ0v) is 10.6. The molecule has 0 saturated carbocycles. The van der Waals surface area contributed by atoms with Crippen LogP contribution in [0.15, 0.2) is 30.6 Å². The van der Waals surface area contributed by atoms with Crippen molar-refractivity contribution < 1.29 is 19.8 Å². The minimum Gasteiger partial charge on any atom is -0.506 e. The molecule has 102 valence electrons. The Morgan fingerprint density at radius 3 is 2.60 bits per heavy atom. The molecule has 0 aliphatic carbocycles. The predicted molar refractivity (Wildman–Crippen MR) is 70.1 cm³/mol. The molecule has 1 aromatic heterocycles. The van der Waals surface area contributed by atoms with E-state index in [4.69, 9.17) is 16.7 Å². The Balaban J connectivity index is 2.22. The number of aromatic nitrogens is 2. The van der Waals surface area contributed by atoms with Gasteiger partial charge in [-0.2, -0.15) is 0 Å². The summed E-state index contributed by atoms with van der Waals surface area (Å²) < 4.78 is 0. The molecule has 1 heterocycles. The average Bonchev–Trinajstić information content (AvgIpc) is 2.40. The maximum Gasteiger partial charge on any atom is 0.335 e. The van der Waals surface area contributed by atoms with Crippen LogP contribution < -0.4 is 5.32 Å². The lowest BCUT2D eigenvalue weighted by atomic mass is 10.2. The molecule has 0 aliphatic rings. The highest BCUT2D eigenvalue weighted by atomic mass is 35.5. The van der Waals surface area contributed by atoms with Crippen LogP contribution in [0.2, 0.25) is 5.15 Å². The minimum absolute atomic E-state index is 0.0285. The molecule has 2 rings (SSSR count). The van der Waals surface area contributed by atoms with E-state index in [0.29, 0.717) is 0 Å². The maximum atomic E-state index is 11.8. The van der Waals surface area contributed by atoms with Crippen LogP contribution in [-0.4, -0.2) is 32.1 Å². The van der Waals surface area contributed by atoms with Crippen LogP contribution in [0, 0.1) is 0 Å². The Morgan fingerprint density at radius 1 is 1.25 bits per heavy atom. The van der Waals surface area contributed by atoms with E-state index in [-0.39, 0.29) is 27.8 Å². The lowest BCUT2D eigenvalue weighted by Crippen LogP contribution is -2.14. The van der Waals surface area contributed by atoms with E-state index in [9.17, 15) is 14.7 Å². The van der Waals surface area contributed by atoms with Crippen molar-refractivity contribution in [3.8, 4) is 5.75 Å². The summed E-state index contributed by atoms with van der Waals surface area (Å²) in [5.74, 6) is -2.18. The number of hydrogen-bond acceptors (Lipinski definition) is 5. The highest BCUT2D eigenvalue weighted by molar-refractivity contribution is 6.29. The Bertz CT molecular complexity index is 690. The molecule has 1 amide bonds. The molecule has 2 aromatic rings. The standard InChI is InChI=1S/C12H8ClN3O4/c13-10-5-14-4-8(15-10)11(18)16-7-2-1-6(12(19)20)3-9(7)17/h1-5,17H,(H,16,18)(H,19,20). The lowest BCUT2D eigenvalue weighted by Gasteiger charge is -2.07. The van der Waals surface area contributed by atoms with Crippen LogP contribution in [-0.2, 0) is 0 Å². The fourth-order valence-corrected chi connectivity index (χ4v) is 1.56. The summed E-state index contributed by atoms with van der Waals surface area (Å²) in [4.78, 5) is 30.0. The Kier molecular flexibility index (Phi) is 3.81. The van der Waals surface area contributed by atoms with Gasteiger partial charge in [-0.15, -0.1) is 0 Å². The van der Waals surface area contributed by atoms with Gasteiger partial charge in [0.2, 0.25) is 0 Å². The van der Waals surface area contributed by atoms with Crippen molar-refractivity contribution in [2.24, 2.45) is 0 Å². The molecule has 0 aliphatic heterocycles. The lowest BCUT2D eigenvalue weighted by molar-refractivity contribution is 0.0696. The largest absolute Gasteiger partial charge is 0.506 e. The number of carboxylic acids is 1. The number of aromatic hydroxyl groups is 1. The van der Waals surface area contributed by atoms with Crippen molar-refractivity contribution in [2.75, 3.05) is 5.32 Å². The van der Waals surface area contributed by atoms with Crippen molar-refractivity contribution >= 4 is 29.2 Å². The summed E-state index contributed by atoms with van der Waals surface area (Å²) in [7, 11) is 0. The molecule has 0 fully saturated rings. The predicted octanol–water partition coefficient (Wildman–Crippen LogP) is 1.79. The van der Waals surface area contributed by atoms with Gasteiger partial charge in [-0.25, -0.2) is 9.78 Å². The summed E-state index contributed by atoms with van der Waals surface area (Å²) >= 11 is 5.61. The van der Waals surface area contributed by atoms with E-state index in [1.807, 2.05) is 0 Å². The second-order valence-corrected chi connectivity index (χ2v) is 4.11. The number of halogens is 1. The topological polar surface area (TPSA) is 112 Å². The summed E-state index contributed by atoms with van der Waals surface area (Å²) in [5, 5.41) is 20.8. The van der Waals surface area contributed by atoms with Crippen molar-refractivity contribution in [1.82, 2.24) is 9.97 Å². The normalized spacial score (nSPS) is 10.1.